The Balaban J connectivity index is 0.000000791. The van der Waals surface area contributed by atoms with Gasteiger partial charge in [0.05, 0.1) is 5.56 Å². The van der Waals surface area contributed by atoms with E-state index in [1.54, 1.807) is 6.92 Å². The minimum absolute atomic E-state index is 0.0324. The number of hydrogen-bond acceptors (Lipinski definition) is 3. The first-order chi connectivity index (χ1) is 6.52. The summed E-state index contributed by atoms with van der Waals surface area (Å²) in [5.41, 5.74) is 0.854. The molecule has 1 rings (SSSR count). The second-order valence-electron chi connectivity index (χ2n) is 2.71. The lowest BCUT2D eigenvalue weighted by Gasteiger charge is -2.04. The molecule has 3 nitrogen and oxygen atoms in total. The van der Waals surface area contributed by atoms with Crippen molar-refractivity contribution in [2.45, 2.75) is 27.7 Å². The van der Waals surface area contributed by atoms with Crippen LogP contribution in [-0.4, -0.2) is 16.0 Å². The van der Waals surface area contributed by atoms with E-state index in [2.05, 4.69) is 0 Å². The number of Topliss-reactive ketones (excluding diaryl/α,β-unsaturated/α-hetero) is 1. The van der Waals surface area contributed by atoms with Crippen LogP contribution < -0.4 is 0 Å². The van der Waals surface area contributed by atoms with Crippen LogP contribution in [0.25, 0.3) is 0 Å². The third-order valence-corrected chi connectivity index (χ3v) is 1.65. The fraction of sp³-hybridized carbons (Fsp3) is 0.364. The number of benzene rings is 1. The van der Waals surface area contributed by atoms with Crippen molar-refractivity contribution in [1.82, 2.24) is 0 Å². The van der Waals surface area contributed by atoms with Gasteiger partial charge in [-0.2, -0.15) is 0 Å². The topological polar surface area (TPSA) is 57.5 Å². The van der Waals surface area contributed by atoms with Crippen LogP contribution in [0.2, 0.25) is 0 Å². The van der Waals surface area contributed by atoms with E-state index in [4.69, 9.17) is 5.11 Å². The van der Waals surface area contributed by atoms with Gasteiger partial charge in [-0.05, 0) is 25.5 Å². The largest absolute Gasteiger partial charge is 0.508 e. The molecule has 0 aliphatic heterocycles. The highest BCUT2D eigenvalue weighted by Crippen LogP contribution is 2.26. The van der Waals surface area contributed by atoms with Crippen molar-refractivity contribution in [3.8, 4) is 11.5 Å². The van der Waals surface area contributed by atoms with Crippen LogP contribution in [0.1, 0.15) is 36.7 Å². The van der Waals surface area contributed by atoms with Crippen LogP contribution in [0.15, 0.2) is 12.1 Å². The molecule has 0 unspecified atom stereocenters. The standard InChI is InChI=1S/C9H10O3.C2H6/c1-5-3-7(11)4-8(12)9(5)6(2)10;1-2/h3-4,11-12H,1-2H3;1-2H3. The van der Waals surface area contributed by atoms with Crippen molar-refractivity contribution in [2.24, 2.45) is 0 Å². The van der Waals surface area contributed by atoms with Crippen molar-refractivity contribution >= 4 is 5.78 Å². The first-order valence-electron chi connectivity index (χ1n) is 4.56. The Morgan fingerprint density at radius 2 is 1.71 bits per heavy atom. The molecule has 3 heteroatoms. The molecular weight excluding hydrogens is 180 g/mol. The van der Waals surface area contributed by atoms with E-state index in [-0.39, 0.29) is 22.8 Å². The van der Waals surface area contributed by atoms with Gasteiger partial charge in [0.2, 0.25) is 0 Å². The van der Waals surface area contributed by atoms with E-state index < -0.39 is 0 Å². The van der Waals surface area contributed by atoms with E-state index >= 15 is 0 Å². The zero-order valence-electron chi connectivity index (χ0n) is 8.96. The Morgan fingerprint density at radius 1 is 1.21 bits per heavy atom. The third kappa shape index (κ3) is 2.76. The molecule has 2 N–H and O–H groups in total. The molecular formula is C11H16O3. The maximum atomic E-state index is 11.0. The molecule has 0 bridgehead atoms. The lowest BCUT2D eigenvalue weighted by molar-refractivity contribution is 0.101. The van der Waals surface area contributed by atoms with Crippen LogP contribution in [0.4, 0.5) is 0 Å². The first-order valence-corrected chi connectivity index (χ1v) is 4.56. The number of aryl methyl sites for hydroxylation is 1. The fourth-order valence-electron chi connectivity index (χ4n) is 1.21. The Bertz CT molecular complexity index is 306. The number of ketones is 1. The highest BCUT2D eigenvalue weighted by atomic mass is 16.3. The van der Waals surface area contributed by atoms with Gasteiger partial charge in [-0.15, -0.1) is 0 Å². The van der Waals surface area contributed by atoms with E-state index in [1.807, 2.05) is 13.8 Å². The zero-order chi connectivity index (χ0) is 11.3. The minimum Gasteiger partial charge on any atom is -0.508 e. The molecule has 1 aromatic carbocycles. The van der Waals surface area contributed by atoms with Gasteiger partial charge in [0.15, 0.2) is 5.78 Å². The van der Waals surface area contributed by atoms with Gasteiger partial charge < -0.3 is 10.2 Å². The lowest BCUT2D eigenvalue weighted by Crippen LogP contribution is -1.96. The average Bonchev–Trinajstić information content (AvgIpc) is 2.04. The Morgan fingerprint density at radius 3 is 2.07 bits per heavy atom. The first kappa shape index (κ1) is 12.5. The summed E-state index contributed by atoms with van der Waals surface area (Å²) >= 11 is 0. The van der Waals surface area contributed by atoms with Crippen molar-refractivity contribution < 1.29 is 15.0 Å². The second kappa shape index (κ2) is 5.27. The van der Waals surface area contributed by atoms with Gasteiger partial charge in [-0.1, -0.05) is 13.8 Å². The van der Waals surface area contributed by atoms with Crippen LogP contribution >= 0.6 is 0 Å². The Hall–Kier alpha value is -1.51. The fourth-order valence-corrected chi connectivity index (χ4v) is 1.21. The molecule has 0 atom stereocenters. The summed E-state index contributed by atoms with van der Waals surface area (Å²) in [5.74, 6) is -0.403. The summed E-state index contributed by atoms with van der Waals surface area (Å²) in [6.45, 7) is 7.04. The van der Waals surface area contributed by atoms with Crippen molar-refractivity contribution in [1.29, 1.82) is 0 Å². The second-order valence-corrected chi connectivity index (χ2v) is 2.71. The van der Waals surface area contributed by atoms with E-state index in [0.717, 1.165) is 6.07 Å². The maximum Gasteiger partial charge on any atom is 0.163 e. The summed E-state index contributed by atoms with van der Waals surface area (Å²) in [4.78, 5) is 11.0. The van der Waals surface area contributed by atoms with E-state index in [1.165, 1.54) is 13.0 Å². The SMILES string of the molecule is CC.CC(=O)c1c(C)cc(O)cc1O. The molecule has 0 heterocycles. The molecule has 0 fully saturated rings. The number of carbonyl (C=O) groups excluding carboxylic acids is 1. The molecule has 0 saturated carbocycles. The average molecular weight is 196 g/mol. The number of hydrogen-bond donors (Lipinski definition) is 2. The third-order valence-electron chi connectivity index (χ3n) is 1.65. The highest BCUT2D eigenvalue weighted by Gasteiger charge is 2.10. The summed E-state index contributed by atoms with van der Waals surface area (Å²) in [6.07, 6.45) is 0. The minimum atomic E-state index is -0.204. The zero-order valence-corrected chi connectivity index (χ0v) is 8.96. The van der Waals surface area contributed by atoms with Gasteiger partial charge >= 0.3 is 0 Å². The smallest absolute Gasteiger partial charge is 0.163 e. The molecule has 14 heavy (non-hydrogen) atoms. The summed E-state index contributed by atoms with van der Waals surface area (Å²) in [7, 11) is 0. The summed E-state index contributed by atoms with van der Waals surface area (Å²) in [5, 5.41) is 18.3. The van der Waals surface area contributed by atoms with Gasteiger partial charge in [-0.3, -0.25) is 4.79 Å². The number of phenols is 2. The molecule has 0 radical (unpaired) electrons. The van der Waals surface area contributed by atoms with Crippen molar-refractivity contribution in [3.63, 3.8) is 0 Å². The highest BCUT2D eigenvalue weighted by molar-refractivity contribution is 5.98. The molecule has 0 spiro atoms. The Kier molecular flexibility index (Phi) is 4.70. The van der Waals surface area contributed by atoms with Crippen LogP contribution in [-0.2, 0) is 0 Å². The van der Waals surface area contributed by atoms with Gasteiger partial charge in [0, 0.05) is 6.07 Å². The quantitative estimate of drug-likeness (QED) is 0.679. The monoisotopic (exact) mass is 196 g/mol. The molecule has 0 aliphatic carbocycles. The van der Waals surface area contributed by atoms with E-state index in [9.17, 15) is 9.90 Å². The molecule has 0 amide bonds. The van der Waals surface area contributed by atoms with Crippen LogP contribution in [0.5, 0.6) is 11.5 Å². The van der Waals surface area contributed by atoms with E-state index in [0.29, 0.717) is 5.56 Å². The number of carbonyl (C=O) groups is 1. The van der Waals surface area contributed by atoms with Gasteiger partial charge in [-0.25, -0.2) is 0 Å². The molecule has 0 aliphatic rings. The van der Waals surface area contributed by atoms with Crippen molar-refractivity contribution in [3.05, 3.63) is 23.3 Å². The van der Waals surface area contributed by atoms with Gasteiger partial charge in [0.25, 0.3) is 0 Å². The predicted molar refractivity (Wildman–Crippen MR) is 55.9 cm³/mol. The summed E-state index contributed by atoms with van der Waals surface area (Å²) in [6, 6.07) is 2.60. The van der Waals surface area contributed by atoms with Gasteiger partial charge in [0.1, 0.15) is 11.5 Å². The maximum absolute atomic E-state index is 11.0. The predicted octanol–water partition coefficient (Wildman–Crippen LogP) is 2.64. The lowest BCUT2D eigenvalue weighted by atomic mass is 10.0. The van der Waals surface area contributed by atoms with Crippen LogP contribution in [0, 0.1) is 6.92 Å². The molecule has 78 valence electrons. The molecule has 1 aromatic rings. The Labute approximate surface area is 84.0 Å². The number of phenolic OH excluding ortho intramolecular Hbond substituents is 2. The number of aromatic hydroxyl groups is 2. The summed E-state index contributed by atoms with van der Waals surface area (Å²) < 4.78 is 0. The molecule has 0 saturated heterocycles. The molecule has 0 aromatic heterocycles. The normalized spacial score (nSPS) is 8.86. The van der Waals surface area contributed by atoms with Crippen LogP contribution in [0.3, 0.4) is 0 Å². The van der Waals surface area contributed by atoms with Crippen molar-refractivity contribution in [2.75, 3.05) is 0 Å². The number of rotatable bonds is 1.